The van der Waals surface area contributed by atoms with Gasteiger partial charge in [0.05, 0.1) is 0 Å². The number of benzene rings is 1. The van der Waals surface area contributed by atoms with Crippen molar-refractivity contribution in [3.63, 3.8) is 0 Å². The van der Waals surface area contributed by atoms with Gasteiger partial charge in [0.1, 0.15) is 9.79 Å². The Morgan fingerprint density at radius 2 is 2.19 bits per heavy atom. The van der Waals surface area contributed by atoms with Crippen LogP contribution in [-0.4, -0.2) is 10.2 Å². The number of hydrogen-bond acceptors (Lipinski definition) is 2. The minimum absolute atomic E-state index is 0.422. The first-order valence-corrected chi connectivity index (χ1v) is 5.84. The third kappa shape index (κ3) is 2.31. The van der Waals surface area contributed by atoms with Crippen molar-refractivity contribution in [3.05, 3.63) is 45.7 Å². The lowest BCUT2D eigenvalue weighted by molar-refractivity contribution is 1.02. The molecule has 2 nitrogen and oxygen atoms in total. The van der Waals surface area contributed by atoms with Gasteiger partial charge in [-0.3, -0.25) is 5.10 Å². The molecule has 0 atom stereocenters. The Balaban J connectivity index is 2.58. The molecule has 1 aromatic carbocycles. The van der Waals surface area contributed by atoms with Crippen LogP contribution in [0.1, 0.15) is 12.5 Å². The first-order chi connectivity index (χ1) is 7.70. The number of aromatic nitrogens is 2. The van der Waals surface area contributed by atoms with Crippen LogP contribution in [0.25, 0.3) is 11.1 Å². The lowest BCUT2D eigenvalue weighted by Crippen LogP contribution is -1.88. The van der Waals surface area contributed by atoms with Crippen molar-refractivity contribution >= 4 is 23.8 Å². The van der Waals surface area contributed by atoms with Gasteiger partial charge in [0.15, 0.2) is 0 Å². The van der Waals surface area contributed by atoms with E-state index in [-0.39, 0.29) is 0 Å². The molecule has 2 aromatic rings. The highest BCUT2D eigenvalue weighted by Gasteiger charge is 2.03. The van der Waals surface area contributed by atoms with Gasteiger partial charge in [-0.2, -0.15) is 5.10 Å². The van der Waals surface area contributed by atoms with E-state index in [0.717, 1.165) is 17.5 Å². The van der Waals surface area contributed by atoms with Crippen molar-refractivity contribution < 1.29 is 0 Å². The summed E-state index contributed by atoms with van der Waals surface area (Å²) in [6.07, 6.45) is 1.00. The Kier molecular flexibility index (Phi) is 3.36. The molecule has 0 radical (unpaired) electrons. The number of halogens is 1. The summed E-state index contributed by atoms with van der Waals surface area (Å²) in [4.78, 5) is 0. The maximum absolute atomic E-state index is 5.85. The molecule has 82 valence electrons. The maximum Gasteiger partial charge on any atom is 0.150 e. The van der Waals surface area contributed by atoms with Crippen LogP contribution < -0.4 is 0 Å². The molecule has 0 aliphatic carbocycles. The van der Waals surface area contributed by atoms with Gasteiger partial charge in [0.25, 0.3) is 0 Å². The Bertz CT molecular complexity index is 563. The van der Waals surface area contributed by atoms with E-state index in [1.807, 2.05) is 12.1 Å². The van der Waals surface area contributed by atoms with E-state index in [4.69, 9.17) is 23.8 Å². The van der Waals surface area contributed by atoms with Crippen molar-refractivity contribution in [1.29, 1.82) is 0 Å². The average Bonchev–Trinajstić information content (AvgIpc) is 2.32. The predicted octanol–water partition coefficient (Wildman–Crippen LogP) is 4.02. The van der Waals surface area contributed by atoms with Crippen LogP contribution >= 0.6 is 23.8 Å². The number of nitrogens with zero attached hydrogens (tertiary/aromatic N) is 1. The Morgan fingerprint density at radius 3 is 2.94 bits per heavy atom. The van der Waals surface area contributed by atoms with Gasteiger partial charge in [-0.1, -0.05) is 55.0 Å². The monoisotopic (exact) mass is 250 g/mol. The molecule has 16 heavy (non-hydrogen) atoms. The molecule has 0 bridgehead atoms. The number of hydrogen-bond donors (Lipinski definition) is 1. The lowest BCUT2D eigenvalue weighted by Gasteiger charge is -2.04. The highest BCUT2D eigenvalue weighted by Crippen LogP contribution is 2.22. The number of aromatic amines is 1. The van der Waals surface area contributed by atoms with Gasteiger partial charge in [-0.05, 0) is 23.6 Å². The van der Waals surface area contributed by atoms with Crippen LogP contribution in [0, 0.1) is 4.64 Å². The van der Waals surface area contributed by atoms with Gasteiger partial charge in [0, 0.05) is 5.56 Å². The fourth-order valence-corrected chi connectivity index (χ4v) is 1.93. The molecule has 0 amide bonds. The fraction of sp³-hybridized carbons (Fsp3) is 0.167. The van der Waals surface area contributed by atoms with Gasteiger partial charge < -0.3 is 0 Å². The number of H-pyrrole nitrogens is 1. The molecule has 0 saturated carbocycles. The molecule has 0 saturated heterocycles. The highest BCUT2D eigenvalue weighted by atomic mass is 35.5. The van der Waals surface area contributed by atoms with E-state index in [9.17, 15) is 0 Å². The SMILES string of the molecule is CCc1cccc(-c2cc(Cl)n[nH]c2=S)c1. The van der Waals surface area contributed by atoms with E-state index < -0.39 is 0 Å². The largest absolute Gasteiger partial charge is 0.266 e. The quantitative estimate of drug-likeness (QED) is 0.816. The van der Waals surface area contributed by atoms with E-state index in [2.05, 4.69) is 29.3 Å². The molecule has 0 aliphatic heterocycles. The molecule has 1 heterocycles. The topological polar surface area (TPSA) is 28.7 Å². The fourth-order valence-electron chi connectivity index (χ4n) is 1.55. The van der Waals surface area contributed by atoms with Crippen molar-refractivity contribution in [1.82, 2.24) is 10.2 Å². The summed E-state index contributed by atoms with van der Waals surface area (Å²) in [5.41, 5.74) is 3.27. The Hall–Kier alpha value is -1.19. The van der Waals surface area contributed by atoms with Crippen LogP contribution in [0.3, 0.4) is 0 Å². The molecule has 0 spiro atoms. The smallest absolute Gasteiger partial charge is 0.150 e. The highest BCUT2D eigenvalue weighted by molar-refractivity contribution is 7.71. The summed E-state index contributed by atoms with van der Waals surface area (Å²) in [7, 11) is 0. The Labute approximate surface area is 104 Å². The summed E-state index contributed by atoms with van der Waals surface area (Å²) < 4.78 is 0.609. The first kappa shape index (κ1) is 11.3. The normalized spacial score (nSPS) is 10.4. The molecule has 0 aliphatic rings. The maximum atomic E-state index is 5.85. The summed E-state index contributed by atoms with van der Waals surface area (Å²) in [5.74, 6) is 0. The van der Waals surface area contributed by atoms with E-state index in [1.165, 1.54) is 5.56 Å². The Morgan fingerprint density at radius 1 is 1.38 bits per heavy atom. The van der Waals surface area contributed by atoms with Crippen LogP contribution in [-0.2, 0) is 6.42 Å². The van der Waals surface area contributed by atoms with E-state index in [1.54, 1.807) is 6.07 Å². The number of nitrogens with one attached hydrogen (secondary N) is 1. The van der Waals surface area contributed by atoms with Crippen molar-refractivity contribution in [3.8, 4) is 11.1 Å². The molecular weight excluding hydrogens is 240 g/mol. The summed E-state index contributed by atoms with van der Waals surface area (Å²) in [6, 6.07) is 10.1. The molecular formula is C12H11ClN2S. The van der Waals surface area contributed by atoms with Gasteiger partial charge in [-0.25, -0.2) is 0 Å². The molecule has 0 fully saturated rings. The number of rotatable bonds is 2. The van der Waals surface area contributed by atoms with E-state index in [0.29, 0.717) is 9.79 Å². The molecule has 1 N–H and O–H groups in total. The zero-order chi connectivity index (χ0) is 11.5. The molecule has 2 rings (SSSR count). The molecule has 4 heteroatoms. The zero-order valence-corrected chi connectivity index (χ0v) is 10.4. The summed E-state index contributed by atoms with van der Waals surface area (Å²) in [5, 5.41) is 7.00. The van der Waals surface area contributed by atoms with Crippen LogP contribution in [0.2, 0.25) is 5.15 Å². The molecule has 1 aromatic heterocycles. The third-order valence-electron chi connectivity index (χ3n) is 2.42. The minimum Gasteiger partial charge on any atom is -0.266 e. The van der Waals surface area contributed by atoms with E-state index >= 15 is 0 Å². The second-order valence-corrected chi connectivity index (χ2v) is 4.28. The predicted molar refractivity (Wildman–Crippen MR) is 69.2 cm³/mol. The van der Waals surface area contributed by atoms with Crippen molar-refractivity contribution in [2.45, 2.75) is 13.3 Å². The summed E-state index contributed by atoms with van der Waals surface area (Å²) >= 11 is 11.0. The second-order valence-electron chi connectivity index (χ2n) is 3.49. The molecule has 0 unspecified atom stereocenters. The summed E-state index contributed by atoms with van der Waals surface area (Å²) in [6.45, 7) is 2.12. The zero-order valence-electron chi connectivity index (χ0n) is 8.83. The number of aryl methyl sites for hydroxylation is 1. The third-order valence-corrected chi connectivity index (χ3v) is 2.92. The standard InChI is InChI=1S/C12H11ClN2S/c1-2-8-4-3-5-9(6-8)10-7-11(13)14-15-12(10)16/h3-7H,2H2,1H3,(H,15,16). The van der Waals surface area contributed by atoms with Crippen molar-refractivity contribution in [2.75, 3.05) is 0 Å². The van der Waals surface area contributed by atoms with Gasteiger partial charge >= 0.3 is 0 Å². The van der Waals surface area contributed by atoms with Gasteiger partial charge in [0.2, 0.25) is 0 Å². The minimum atomic E-state index is 0.422. The first-order valence-electron chi connectivity index (χ1n) is 5.05. The average molecular weight is 251 g/mol. The van der Waals surface area contributed by atoms with Crippen LogP contribution in [0.15, 0.2) is 30.3 Å². The van der Waals surface area contributed by atoms with Crippen LogP contribution in [0.4, 0.5) is 0 Å². The van der Waals surface area contributed by atoms with Crippen molar-refractivity contribution in [2.24, 2.45) is 0 Å². The van der Waals surface area contributed by atoms with Crippen LogP contribution in [0.5, 0.6) is 0 Å². The van der Waals surface area contributed by atoms with Gasteiger partial charge in [-0.15, -0.1) is 0 Å². The lowest BCUT2D eigenvalue weighted by atomic mass is 10.0. The second kappa shape index (κ2) is 4.76.